The molecule has 0 atom stereocenters. The van der Waals surface area contributed by atoms with E-state index in [1.807, 2.05) is 12.1 Å². The summed E-state index contributed by atoms with van der Waals surface area (Å²) in [5, 5.41) is 9.54. The van der Waals surface area contributed by atoms with Gasteiger partial charge in [0.15, 0.2) is 0 Å². The standard InChI is InChI=1S/C15H21NO2/c1-12-2-7-15(8-3-12,14(17)18)9-4-13-5-10-16-11-6-13/h5-6,10-12H,2-4,7-9H2,1H3,(H,17,18). The van der Waals surface area contributed by atoms with Crippen LogP contribution in [0, 0.1) is 11.3 Å². The molecular formula is C15H21NO2. The number of carbonyl (C=O) groups is 1. The summed E-state index contributed by atoms with van der Waals surface area (Å²) in [6, 6.07) is 3.95. The van der Waals surface area contributed by atoms with Crippen molar-refractivity contribution < 1.29 is 9.90 Å². The highest BCUT2D eigenvalue weighted by atomic mass is 16.4. The largest absolute Gasteiger partial charge is 0.481 e. The van der Waals surface area contributed by atoms with E-state index in [0.29, 0.717) is 5.92 Å². The lowest BCUT2D eigenvalue weighted by atomic mass is 9.68. The molecule has 0 bridgehead atoms. The van der Waals surface area contributed by atoms with E-state index in [0.717, 1.165) is 38.5 Å². The summed E-state index contributed by atoms with van der Waals surface area (Å²) in [6.45, 7) is 2.22. The van der Waals surface area contributed by atoms with Crippen molar-refractivity contribution >= 4 is 5.97 Å². The Kier molecular flexibility index (Phi) is 4.00. The van der Waals surface area contributed by atoms with Gasteiger partial charge in [0.25, 0.3) is 0 Å². The fraction of sp³-hybridized carbons (Fsp3) is 0.600. The summed E-state index contributed by atoms with van der Waals surface area (Å²) in [6.07, 6.45) is 8.87. The Morgan fingerprint density at radius 1 is 1.39 bits per heavy atom. The van der Waals surface area contributed by atoms with Crippen LogP contribution in [0.25, 0.3) is 0 Å². The van der Waals surface area contributed by atoms with E-state index in [2.05, 4.69) is 11.9 Å². The Hall–Kier alpha value is -1.38. The number of aryl methyl sites for hydroxylation is 1. The number of aromatic nitrogens is 1. The van der Waals surface area contributed by atoms with Crippen LogP contribution in [0.4, 0.5) is 0 Å². The molecule has 98 valence electrons. The first-order valence-corrected chi connectivity index (χ1v) is 6.75. The lowest BCUT2D eigenvalue weighted by Crippen LogP contribution is -2.35. The molecule has 1 fully saturated rings. The summed E-state index contributed by atoms with van der Waals surface area (Å²) >= 11 is 0. The maximum absolute atomic E-state index is 11.6. The third-order valence-electron chi connectivity index (χ3n) is 4.33. The number of aliphatic carboxylic acids is 1. The topological polar surface area (TPSA) is 50.2 Å². The van der Waals surface area contributed by atoms with Crippen LogP contribution >= 0.6 is 0 Å². The Bertz CT molecular complexity index is 394. The summed E-state index contributed by atoms with van der Waals surface area (Å²) in [7, 11) is 0. The van der Waals surface area contributed by atoms with Crippen LogP contribution in [-0.2, 0) is 11.2 Å². The van der Waals surface area contributed by atoms with Crippen LogP contribution in [0.5, 0.6) is 0 Å². The minimum absolute atomic E-state index is 0.490. The maximum Gasteiger partial charge on any atom is 0.309 e. The molecule has 0 aromatic carbocycles. The summed E-state index contributed by atoms with van der Waals surface area (Å²) in [5.41, 5.74) is 0.694. The van der Waals surface area contributed by atoms with Crippen LogP contribution in [0.1, 0.15) is 44.6 Å². The monoisotopic (exact) mass is 247 g/mol. The highest BCUT2D eigenvalue weighted by molar-refractivity contribution is 5.74. The summed E-state index contributed by atoms with van der Waals surface area (Å²) < 4.78 is 0. The second kappa shape index (κ2) is 5.51. The molecule has 1 aliphatic rings. The number of nitrogens with zero attached hydrogens (tertiary/aromatic N) is 1. The summed E-state index contributed by atoms with van der Waals surface area (Å²) in [5.74, 6) is 0.0712. The first-order chi connectivity index (χ1) is 8.62. The fourth-order valence-electron chi connectivity index (χ4n) is 2.82. The highest BCUT2D eigenvalue weighted by Crippen LogP contribution is 2.42. The molecule has 3 heteroatoms. The van der Waals surface area contributed by atoms with Gasteiger partial charge in [-0.15, -0.1) is 0 Å². The number of rotatable bonds is 4. The number of hydrogen-bond acceptors (Lipinski definition) is 2. The molecule has 0 unspecified atom stereocenters. The van der Waals surface area contributed by atoms with E-state index in [1.165, 1.54) is 5.56 Å². The van der Waals surface area contributed by atoms with Crippen LogP contribution < -0.4 is 0 Å². The van der Waals surface area contributed by atoms with Crippen molar-refractivity contribution in [1.29, 1.82) is 0 Å². The second-order valence-corrected chi connectivity index (χ2v) is 5.62. The molecule has 0 spiro atoms. The van der Waals surface area contributed by atoms with E-state index in [9.17, 15) is 9.90 Å². The predicted molar refractivity (Wildman–Crippen MR) is 70.3 cm³/mol. The van der Waals surface area contributed by atoms with Gasteiger partial charge in [0, 0.05) is 12.4 Å². The van der Waals surface area contributed by atoms with Crippen LogP contribution in [0.2, 0.25) is 0 Å². The van der Waals surface area contributed by atoms with Crippen LogP contribution in [0.15, 0.2) is 24.5 Å². The van der Waals surface area contributed by atoms with Crippen molar-refractivity contribution in [2.24, 2.45) is 11.3 Å². The van der Waals surface area contributed by atoms with E-state index >= 15 is 0 Å². The number of carboxylic acid groups (broad SMARTS) is 1. The lowest BCUT2D eigenvalue weighted by molar-refractivity contribution is -0.152. The van der Waals surface area contributed by atoms with Gasteiger partial charge in [-0.2, -0.15) is 0 Å². The van der Waals surface area contributed by atoms with E-state index in [-0.39, 0.29) is 0 Å². The zero-order chi connectivity index (χ0) is 13.0. The molecule has 1 aromatic heterocycles. The molecule has 1 saturated carbocycles. The van der Waals surface area contributed by atoms with Gasteiger partial charge in [-0.25, -0.2) is 0 Å². The maximum atomic E-state index is 11.6. The Morgan fingerprint density at radius 3 is 2.56 bits per heavy atom. The van der Waals surface area contributed by atoms with Crippen molar-refractivity contribution in [3.63, 3.8) is 0 Å². The Labute approximate surface area is 108 Å². The number of carboxylic acids is 1. The van der Waals surface area contributed by atoms with Crippen molar-refractivity contribution in [2.45, 2.75) is 45.4 Å². The first-order valence-electron chi connectivity index (χ1n) is 6.75. The van der Waals surface area contributed by atoms with Gasteiger partial charge in [-0.1, -0.05) is 6.92 Å². The quantitative estimate of drug-likeness (QED) is 0.888. The third kappa shape index (κ3) is 2.89. The van der Waals surface area contributed by atoms with E-state index in [1.54, 1.807) is 12.4 Å². The third-order valence-corrected chi connectivity index (χ3v) is 4.33. The highest BCUT2D eigenvalue weighted by Gasteiger charge is 2.40. The molecule has 2 rings (SSSR count). The van der Waals surface area contributed by atoms with Crippen molar-refractivity contribution in [3.8, 4) is 0 Å². The SMILES string of the molecule is CC1CCC(CCc2ccncc2)(C(=O)O)CC1. The minimum atomic E-state index is -0.608. The molecule has 18 heavy (non-hydrogen) atoms. The molecule has 1 aliphatic carbocycles. The normalized spacial score (nSPS) is 27.9. The van der Waals surface area contributed by atoms with Crippen LogP contribution in [-0.4, -0.2) is 16.1 Å². The molecule has 1 aromatic rings. The first kappa shape index (κ1) is 13.1. The zero-order valence-electron chi connectivity index (χ0n) is 10.9. The van der Waals surface area contributed by atoms with Gasteiger partial charge in [0.1, 0.15) is 0 Å². The molecular weight excluding hydrogens is 226 g/mol. The van der Waals surface area contributed by atoms with Gasteiger partial charge in [0.05, 0.1) is 5.41 Å². The number of pyridine rings is 1. The Morgan fingerprint density at radius 2 is 2.00 bits per heavy atom. The average molecular weight is 247 g/mol. The van der Waals surface area contributed by atoms with Crippen molar-refractivity contribution in [3.05, 3.63) is 30.1 Å². The van der Waals surface area contributed by atoms with E-state index < -0.39 is 11.4 Å². The van der Waals surface area contributed by atoms with E-state index in [4.69, 9.17) is 0 Å². The van der Waals surface area contributed by atoms with Gasteiger partial charge in [0.2, 0.25) is 0 Å². The average Bonchev–Trinajstić information content (AvgIpc) is 2.39. The molecule has 0 amide bonds. The van der Waals surface area contributed by atoms with Gasteiger partial charge in [-0.3, -0.25) is 9.78 Å². The van der Waals surface area contributed by atoms with Crippen molar-refractivity contribution in [2.75, 3.05) is 0 Å². The minimum Gasteiger partial charge on any atom is -0.481 e. The summed E-state index contributed by atoms with van der Waals surface area (Å²) in [4.78, 5) is 15.6. The molecule has 3 nitrogen and oxygen atoms in total. The Balaban J connectivity index is 2.01. The van der Waals surface area contributed by atoms with Crippen LogP contribution in [0.3, 0.4) is 0 Å². The molecule has 0 aliphatic heterocycles. The predicted octanol–water partition coefficient (Wildman–Crippen LogP) is 3.30. The molecule has 0 saturated heterocycles. The number of hydrogen-bond donors (Lipinski definition) is 1. The zero-order valence-corrected chi connectivity index (χ0v) is 10.9. The molecule has 1 N–H and O–H groups in total. The van der Waals surface area contributed by atoms with Crippen molar-refractivity contribution in [1.82, 2.24) is 4.98 Å². The fourth-order valence-corrected chi connectivity index (χ4v) is 2.82. The second-order valence-electron chi connectivity index (χ2n) is 5.62. The molecule has 0 radical (unpaired) electrons. The molecule has 1 heterocycles. The smallest absolute Gasteiger partial charge is 0.309 e. The van der Waals surface area contributed by atoms with Gasteiger partial charge in [-0.05, 0) is 62.1 Å². The van der Waals surface area contributed by atoms with Gasteiger partial charge < -0.3 is 5.11 Å². The van der Waals surface area contributed by atoms with Gasteiger partial charge >= 0.3 is 5.97 Å². The lowest BCUT2D eigenvalue weighted by Gasteiger charge is -2.35.